The molecule has 1 aliphatic heterocycles. The summed E-state index contributed by atoms with van der Waals surface area (Å²) in [7, 11) is 0. The minimum absolute atomic E-state index is 0.709. The number of nitrogens with zero attached hydrogens (tertiary/aromatic N) is 1. The first-order valence-corrected chi connectivity index (χ1v) is 7.90. The van der Waals surface area contributed by atoms with Gasteiger partial charge in [0, 0.05) is 36.1 Å². The Kier molecular flexibility index (Phi) is 5.67. The summed E-state index contributed by atoms with van der Waals surface area (Å²) in [5.41, 5.74) is 8.33. The highest BCUT2D eigenvalue weighted by Gasteiger charge is 2.18. The lowest BCUT2D eigenvalue weighted by molar-refractivity contribution is 0.262. The van der Waals surface area contributed by atoms with E-state index in [0.717, 1.165) is 42.9 Å². The molecule has 1 aromatic rings. The zero-order valence-electron chi connectivity index (χ0n) is 11.6. The van der Waals surface area contributed by atoms with Crippen LogP contribution in [0.1, 0.15) is 30.9 Å². The third-order valence-electron chi connectivity index (χ3n) is 3.49. The molecule has 0 aromatic heterocycles. The highest BCUT2D eigenvalue weighted by molar-refractivity contribution is 9.10. The van der Waals surface area contributed by atoms with E-state index < -0.39 is 0 Å². The van der Waals surface area contributed by atoms with Crippen LogP contribution in [0.25, 0.3) is 0 Å². The third kappa shape index (κ3) is 3.94. The van der Waals surface area contributed by atoms with Crippen LogP contribution >= 0.6 is 15.9 Å². The standard InChI is InChI=1S/C15H23BrN2O/c1-2-3-6-18(7-5-17)11-13-10-14(16)9-12-4-8-19-15(12)13/h9-10H,2-8,11,17H2,1H3. The van der Waals surface area contributed by atoms with Crippen LogP contribution in [0.2, 0.25) is 0 Å². The zero-order chi connectivity index (χ0) is 13.7. The van der Waals surface area contributed by atoms with Crippen molar-refractivity contribution in [3.8, 4) is 5.75 Å². The van der Waals surface area contributed by atoms with Crippen LogP contribution in [-0.2, 0) is 13.0 Å². The lowest BCUT2D eigenvalue weighted by atomic mass is 10.1. The van der Waals surface area contributed by atoms with E-state index in [2.05, 4.69) is 39.9 Å². The molecule has 3 nitrogen and oxygen atoms in total. The summed E-state index contributed by atoms with van der Waals surface area (Å²) in [4.78, 5) is 2.42. The Bertz CT molecular complexity index is 423. The van der Waals surface area contributed by atoms with Crippen LogP contribution in [0.4, 0.5) is 0 Å². The number of benzene rings is 1. The van der Waals surface area contributed by atoms with Gasteiger partial charge < -0.3 is 10.5 Å². The van der Waals surface area contributed by atoms with Crippen molar-refractivity contribution >= 4 is 15.9 Å². The van der Waals surface area contributed by atoms with Crippen LogP contribution in [-0.4, -0.2) is 31.1 Å². The lowest BCUT2D eigenvalue weighted by Crippen LogP contribution is -2.30. The predicted octanol–water partition coefficient (Wildman–Crippen LogP) is 2.94. The van der Waals surface area contributed by atoms with Gasteiger partial charge >= 0.3 is 0 Å². The summed E-state index contributed by atoms with van der Waals surface area (Å²) in [6.45, 7) is 6.72. The van der Waals surface area contributed by atoms with Crippen molar-refractivity contribution < 1.29 is 4.74 Å². The number of ether oxygens (including phenoxy) is 1. The summed E-state index contributed by atoms with van der Waals surface area (Å²) >= 11 is 3.60. The van der Waals surface area contributed by atoms with Crippen molar-refractivity contribution in [3.05, 3.63) is 27.7 Å². The van der Waals surface area contributed by atoms with Gasteiger partial charge in [0.05, 0.1) is 6.61 Å². The Balaban J connectivity index is 2.12. The average Bonchev–Trinajstić information content (AvgIpc) is 2.84. The van der Waals surface area contributed by atoms with Crippen LogP contribution in [0.5, 0.6) is 5.75 Å². The van der Waals surface area contributed by atoms with E-state index in [1.807, 2.05) is 0 Å². The summed E-state index contributed by atoms with van der Waals surface area (Å²) in [5, 5.41) is 0. The van der Waals surface area contributed by atoms with Crippen molar-refractivity contribution in [3.63, 3.8) is 0 Å². The number of hydrogen-bond donors (Lipinski definition) is 1. The second-order valence-electron chi connectivity index (χ2n) is 5.07. The van der Waals surface area contributed by atoms with Crippen LogP contribution in [0, 0.1) is 0 Å². The monoisotopic (exact) mass is 326 g/mol. The molecule has 0 spiro atoms. The molecule has 0 fully saturated rings. The van der Waals surface area contributed by atoms with Crippen molar-refractivity contribution in [1.82, 2.24) is 4.90 Å². The maximum atomic E-state index is 5.79. The SMILES string of the molecule is CCCCN(CCN)Cc1cc(Br)cc2c1OCC2. The summed E-state index contributed by atoms with van der Waals surface area (Å²) in [6, 6.07) is 4.35. The van der Waals surface area contributed by atoms with Crippen molar-refractivity contribution in [2.24, 2.45) is 5.73 Å². The van der Waals surface area contributed by atoms with Crippen LogP contribution in [0.15, 0.2) is 16.6 Å². The topological polar surface area (TPSA) is 38.5 Å². The summed E-state index contributed by atoms with van der Waals surface area (Å²) in [5.74, 6) is 1.10. The molecule has 1 aliphatic rings. The van der Waals surface area contributed by atoms with Gasteiger partial charge in [-0.1, -0.05) is 29.3 Å². The fourth-order valence-electron chi connectivity index (χ4n) is 2.54. The van der Waals surface area contributed by atoms with Gasteiger partial charge in [-0.15, -0.1) is 0 Å². The van der Waals surface area contributed by atoms with Crippen molar-refractivity contribution in [1.29, 1.82) is 0 Å². The van der Waals surface area contributed by atoms with Crippen LogP contribution < -0.4 is 10.5 Å². The second-order valence-corrected chi connectivity index (χ2v) is 5.99. The maximum absolute atomic E-state index is 5.79. The minimum atomic E-state index is 0.709. The normalized spacial score (nSPS) is 13.7. The predicted molar refractivity (Wildman–Crippen MR) is 82.6 cm³/mol. The number of unbranched alkanes of at least 4 members (excludes halogenated alkanes) is 1. The molecule has 0 atom stereocenters. The molecule has 106 valence electrons. The maximum Gasteiger partial charge on any atom is 0.127 e. The van der Waals surface area contributed by atoms with Gasteiger partial charge in [-0.3, -0.25) is 4.90 Å². The molecule has 0 aliphatic carbocycles. The van der Waals surface area contributed by atoms with Crippen molar-refractivity contribution in [2.75, 3.05) is 26.2 Å². The van der Waals surface area contributed by atoms with Gasteiger partial charge in [0.25, 0.3) is 0 Å². The number of hydrogen-bond acceptors (Lipinski definition) is 3. The second kappa shape index (κ2) is 7.27. The van der Waals surface area contributed by atoms with E-state index in [0.29, 0.717) is 6.54 Å². The molecule has 0 saturated heterocycles. The zero-order valence-corrected chi connectivity index (χ0v) is 13.2. The van der Waals surface area contributed by atoms with E-state index in [1.165, 1.54) is 24.0 Å². The van der Waals surface area contributed by atoms with E-state index >= 15 is 0 Å². The molecule has 1 heterocycles. The van der Waals surface area contributed by atoms with Crippen molar-refractivity contribution in [2.45, 2.75) is 32.7 Å². The molecule has 2 rings (SSSR count). The molecule has 0 bridgehead atoms. The first-order chi connectivity index (χ1) is 9.24. The molecule has 0 unspecified atom stereocenters. The molecule has 4 heteroatoms. The smallest absolute Gasteiger partial charge is 0.127 e. The van der Waals surface area contributed by atoms with E-state index in [9.17, 15) is 0 Å². The first-order valence-electron chi connectivity index (χ1n) is 7.11. The van der Waals surface area contributed by atoms with E-state index in [-0.39, 0.29) is 0 Å². The highest BCUT2D eigenvalue weighted by atomic mass is 79.9. The Hall–Kier alpha value is -0.580. The van der Waals surface area contributed by atoms with Gasteiger partial charge in [0.1, 0.15) is 5.75 Å². The molecule has 0 amide bonds. The van der Waals surface area contributed by atoms with E-state index in [1.54, 1.807) is 0 Å². The fraction of sp³-hybridized carbons (Fsp3) is 0.600. The van der Waals surface area contributed by atoms with Gasteiger partial charge in [0.2, 0.25) is 0 Å². The summed E-state index contributed by atoms with van der Waals surface area (Å²) in [6.07, 6.45) is 3.46. The Morgan fingerprint density at radius 2 is 2.21 bits per heavy atom. The Morgan fingerprint density at radius 3 is 2.95 bits per heavy atom. The molecular weight excluding hydrogens is 304 g/mol. The van der Waals surface area contributed by atoms with Gasteiger partial charge in [-0.2, -0.15) is 0 Å². The number of nitrogens with two attached hydrogens (primary N) is 1. The molecule has 19 heavy (non-hydrogen) atoms. The average molecular weight is 327 g/mol. The summed E-state index contributed by atoms with van der Waals surface area (Å²) < 4.78 is 6.94. The molecule has 2 N–H and O–H groups in total. The molecular formula is C15H23BrN2O. The Labute approximate surface area is 124 Å². The minimum Gasteiger partial charge on any atom is -0.493 e. The quantitative estimate of drug-likeness (QED) is 0.837. The van der Waals surface area contributed by atoms with Gasteiger partial charge in [-0.05, 0) is 30.7 Å². The number of fused-ring (bicyclic) bond motifs is 1. The third-order valence-corrected chi connectivity index (χ3v) is 3.95. The lowest BCUT2D eigenvalue weighted by Gasteiger charge is -2.22. The fourth-order valence-corrected chi connectivity index (χ4v) is 3.09. The Morgan fingerprint density at radius 1 is 1.37 bits per heavy atom. The molecule has 1 aromatic carbocycles. The molecule has 0 radical (unpaired) electrons. The van der Waals surface area contributed by atoms with Gasteiger partial charge in [0.15, 0.2) is 0 Å². The van der Waals surface area contributed by atoms with Crippen LogP contribution in [0.3, 0.4) is 0 Å². The number of halogens is 1. The highest BCUT2D eigenvalue weighted by Crippen LogP contribution is 2.33. The largest absolute Gasteiger partial charge is 0.493 e. The van der Waals surface area contributed by atoms with E-state index in [4.69, 9.17) is 10.5 Å². The number of rotatable bonds is 7. The van der Waals surface area contributed by atoms with Gasteiger partial charge in [-0.25, -0.2) is 0 Å². The molecule has 0 saturated carbocycles. The first kappa shape index (κ1) is 14.8.